The molecule has 4 atom stereocenters. The maximum atomic E-state index is 15.1. The SMILES string of the molecule is C[C@H]1[C@H]([Si](C)(C)O)[C@@H](CC(=O)N(CCO)Cc2ccccc2)O[C@]12C(=O)N(c1ccccc1)c1ccc(N3C(=O)CCc4ccccc43)cc12. The van der Waals surface area contributed by atoms with Gasteiger partial charge in [0.2, 0.25) is 11.8 Å². The molecule has 3 aliphatic rings. The van der Waals surface area contributed by atoms with Crippen molar-refractivity contribution < 1.29 is 29.0 Å². The maximum Gasteiger partial charge on any atom is 0.268 e. The molecule has 1 saturated heterocycles. The lowest BCUT2D eigenvalue weighted by Crippen LogP contribution is -2.45. The first-order valence-electron chi connectivity index (χ1n) is 17.3. The second-order valence-corrected chi connectivity index (χ2v) is 18.1. The zero-order chi connectivity index (χ0) is 35.2. The lowest BCUT2D eigenvalue weighted by molar-refractivity contribution is -0.149. The summed E-state index contributed by atoms with van der Waals surface area (Å²) in [7, 11) is -3.07. The van der Waals surface area contributed by atoms with E-state index in [2.05, 4.69) is 0 Å². The molecule has 3 heterocycles. The fourth-order valence-electron chi connectivity index (χ4n) is 8.39. The average molecular weight is 690 g/mol. The molecule has 1 spiro atoms. The number of aliphatic hydroxyl groups excluding tert-OH is 1. The molecule has 3 amide bonds. The summed E-state index contributed by atoms with van der Waals surface area (Å²) in [5.41, 5.74) is 3.38. The zero-order valence-electron chi connectivity index (χ0n) is 28.7. The van der Waals surface area contributed by atoms with Gasteiger partial charge in [-0.15, -0.1) is 0 Å². The van der Waals surface area contributed by atoms with Gasteiger partial charge < -0.3 is 19.5 Å². The van der Waals surface area contributed by atoms with E-state index in [1.807, 2.05) is 123 Å². The van der Waals surface area contributed by atoms with Crippen molar-refractivity contribution in [3.63, 3.8) is 0 Å². The third kappa shape index (κ3) is 5.75. The van der Waals surface area contributed by atoms with Crippen LogP contribution in [-0.4, -0.2) is 60.1 Å². The van der Waals surface area contributed by atoms with Gasteiger partial charge in [0.25, 0.3) is 5.91 Å². The van der Waals surface area contributed by atoms with Crippen molar-refractivity contribution in [2.45, 2.75) is 63.1 Å². The summed E-state index contributed by atoms with van der Waals surface area (Å²) in [5, 5.41) is 9.87. The summed E-state index contributed by atoms with van der Waals surface area (Å²) in [6.07, 6.45) is 0.193. The number of fused-ring (bicyclic) bond motifs is 3. The summed E-state index contributed by atoms with van der Waals surface area (Å²) in [4.78, 5) is 59.4. The van der Waals surface area contributed by atoms with Crippen molar-refractivity contribution in [1.29, 1.82) is 0 Å². The van der Waals surface area contributed by atoms with Crippen LogP contribution in [0, 0.1) is 5.92 Å². The number of nitrogens with zero attached hydrogens (tertiary/aromatic N) is 3. The molecule has 0 aromatic heterocycles. The molecule has 4 aromatic carbocycles. The quantitative estimate of drug-likeness (QED) is 0.203. The van der Waals surface area contributed by atoms with E-state index in [0.717, 1.165) is 16.8 Å². The van der Waals surface area contributed by atoms with E-state index in [0.29, 0.717) is 42.0 Å². The summed E-state index contributed by atoms with van der Waals surface area (Å²) >= 11 is 0. The Kier molecular flexibility index (Phi) is 8.98. The van der Waals surface area contributed by atoms with E-state index in [4.69, 9.17) is 4.74 Å². The van der Waals surface area contributed by atoms with Crippen LogP contribution in [0.2, 0.25) is 18.6 Å². The molecule has 0 unspecified atom stereocenters. The van der Waals surface area contributed by atoms with Crippen molar-refractivity contribution >= 4 is 48.8 Å². The molecule has 50 heavy (non-hydrogen) atoms. The van der Waals surface area contributed by atoms with Gasteiger partial charge >= 0.3 is 0 Å². The molecular formula is C40H43N3O6Si. The van der Waals surface area contributed by atoms with Gasteiger partial charge in [0.1, 0.15) is 0 Å². The van der Waals surface area contributed by atoms with Crippen LogP contribution in [0.5, 0.6) is 0 Å². The standard InChI is InChI=1S/C40H43N3O6Si/c1-27-38(50(2,3)48)35(25-37(46)41(22-23-44)26-28-12-6-4-7-13-28)49-40(27)32-24-31(42-33-17-11-10-14-29(33)18-21-36(42)45)19-20-34(32)43(39(40)47)30-15-8-5-9-16-30/h4-17,19-20,24,27,35,38,44,48H,18,21-23,25-26H2,1-3H3/t27-,35+,38-,40+/m0/s1. The normalized spacial score (nSPS) is 22.9. The Bertz CT molecular complexity index is 1920. The van der Waals surface area contributed by atoms with Crippen molar-refractivity contribution in [2.75, 3.05) is 23.0 Å². The van der Waals surface area contributed by atoms with Crippen LogP contribution in [0.1, 0.15) is 36.5 Å². The molecule has 4 aromatic rings. The summed E-state index contributed by atoms with van der Waals surface area (Å²) in [6, 6.07) is 32.5. The largest absolute Gasteiger partial charge is 0.432 e. The molecule has 10 heteroatoms. The molecule has 0 bridgehead atoms. The number of ether oxygens (including phenoxy) is 1. The van der Waals surface area contributed by atoms with Crippen molar-refractivity contribution in [3.05, 3.63) is 120 Å². The number of amides is 3. The van der Waals surface area contributed by atoms with Crippen molar-refractivity contribution in [1.82, 2.24) is 4.90 Å². The van der Waals surface area contributed by atoms with E-state index >= 15 is 4.79 Å². The van der Waals surface area contributed by atoms with Gasteiger partial charge in [-0.2, -0.15) is 0 Å². The molecule has 2 N–H and O–H groups in total. The molecule has 0 aliphatic carbocycles. The minimum Gasteiger partial charge on any atom is -0.432 e. The van der Waals surface area contributed by atoms with Gasteiger partial charge in [-0.3, -0.25) is 24.2 Å². The van der Waals surface area contributed by atoms with Crippen LogP contribution in [0.25, 0.3) is 0 Å². The number of hydrogen-bond donors (Lipinski definition) is 2. The Morgan fingerprint density at radius 1 is 0.880 bits per heavy atom. The highest BCUT2D eigenvalue weighted by atomic mass is 28.4. The number of para-hydroxylation sites is 2. The van der Waals surface area contributed by atoms with Gasteiger partial charge in [0, 0.05) is 47.9 Å². The Balaban J connectivity index is 1.33. The first-order chi connectivity index (χ1) is 24.0. The molecular weight excluding hydrogens is 647 g/mol. The minimum atomic E-state index is -3.07. The van der Waals surface area contributed by atoms with E-state index in [1.54, 1.807) is 14.7 Å². The van der Waals surface area contributed by atoms with Crippen LogP contribution in [0.15, 0.2) is 103 Å². The van der Waals surface area contributed by atoms with Crippen LogP contribution in [0.4, 0.5) is 22.7 Å². The predicted octanol–water partition coefficient (Wildman–Crippen LogP) is 6.18. The van der Waals surface area contributed by atoms with Crippen LogP contribution in [-0.2, 0) is 37.7 Å². The van der Waals surface area contributed by atoms with Crippen LogP contribution >= 0.6 is 0 Å². The second-order valence-electron chi connectivity index (χ2n) is 14.1. The number of anilines is 4. The number of aryl methyl sites for hydroxylation is 1. The number of carbonyl (C=O) groups is 3. The van der Waals surface area contributed by atoms with Crippen molar-refractivity contribution in [3.8, 4) is 0 Å². The average Bonchev–Trinajstić information content (AvgIpc) is 3.54. The molecule has 9 nitrogen and oxygen atoms in total. The maximum absolute atomic E-state index is 15.1. The Labute approximate surface area is 293 Å². The predicted molar refractivity (Wildman–Crippen MR) is 195 cm³/mol. The summed E-state index contributed by atoms with van der Waals surface area (Å²) in [6.45, 7) is 5.87. The fraction of sp³-hybridized carbons (Fsp3) is 0.325. The number of aliphatic hydroxyl groups is 1. The van der Waals surface area contributed by atoms with Crippen LogP contribution < -0.4 is 9.80 Å². The molecule has 1 fully saturated rings. The third-order valence-electron chi connectivity index (χ3n) is 10.6. The molecule has 0 radical (unpaired) electrons. The minimum absolute atomic E-state index is 0.0324. The van der Waals surface area contributed by atoms with E-state index < -0.39 is 31.5 Å². The highest BCUT2D eigenvalue weighted by Gasteiger charge is 2.67. The summed E-state index contributed by atoms with van der Waals surface area (Å²) in [5.74, 6) is -1.06. The molecule has 258 valence electrons. The van der Waals surface area contributed by atoms with Gasteiger partial charge in [-0.05, 0) is 67.0 Å². The second kappa shape index (κ2) is 13.3. The Morgan fingerprint density at radius 3 is 2.26 bits per heavy atom. The lowest BCUT2D eigenvalue weighted by atomic mass is 9.82. The first-order valence-corrected chi connectivity index (χ1v) is 20.3. The number of benzene rings is 4. The molecule has 7 rings (SSSR count). The zero-order valence-corrected chi connectivity index (χ0v) is 29.7. The fourth-order valence-corrected chi connectivity index (χ4v) is 10.9. The smallest absolute Gasteiger partial charge is 0.268 e. The van der Waals surface area contributed by atoms with Crippen LogP contribution in [0.3, 0.4) is 0 Å². The highest BCUT2D eigenvalue weighted by Crippen LogP contribution is 2.61. The van der Waals surface area contributed by atoms with E-state index in [9.17, 15) is 19.5 Å². The highest BCUT2D eigenvalue weighted by molar-refractivity contribution is 6.71. The Hall–Kier alpha value is -4.61. The van der Waals surface area contributed by atoms with E-state index in [1.165, 1.54) is 0 Å². The van der Waals surface area contributed by atoms with Gasteiger partial charge in [-0.25, -0.2) is 0 Å². The van der Waals surface area contributed by atoms with Crippen molar-refractivity contribution in [2.24, 2.45) is 5.92 Å². The first kappa shape index (κ1) is 33.9. The Morgan fingerprint density at radius 2 is 1.56 bits per heavy atom. The summed E-state index contributed by atoms with van der Waals surface area (Å²) < 4.78 is 7.01. The van der Waals surface area contributed by atoms with E-state index in [-0.39, 0.29) is 37.3 Å². The molecule has 3 aliphatic heterocycles. The number of rotatable bonds is 9. The third-order valence-corrected chi connectivity index (χ3v) is 13.1. The van der Waals surface area contributed by atoms with Gasteiger partial charge in [-0.1, -0.05) is 73.7 Å². The van der Waals surface area contributed by atoms with Gasteiger partial charge in [0.15, 0.2) is 13.9 Å². The number of hydrogen-bond acceptors (Lipinski definition) is 6. The topological polar surface area (TPSA) is 111 Å². The monoisotopic (exact) mass is 689 g/mol. The lowest BCUT2D eigenvalue weighted by Gasteiger charge is -2.33. The number of carbonyl (C=O) groups excluding carboxylic acids is 3. The molecule has 0 saturated carbocycles. The van der Waals surface area contributed by atoms with Gasteiger partial charge in [0.05, 0.1) is 30.5 Å².